The maximum atomic E-state index is 10.7. The summed E-state index contributed by atoms with van der Waals surface area (Å²) in [6.45, 7) is 2.89. The van der Waals surface area contributed by atoms with Gasteiger partial charge in [0.1, 0.15) is 18.2 Å². The molecule has 0 aliphatic heterocycles. The van der Waals surface area contributed by atoms with Gasteiger partial charge in [-0.2, -0.15) is 0 Å². The molecular formula is C21H18Cl2N8O2. The van der Waals surface area contributed by atoms with Gasteiger partial charge in [-0.15, -0.1) is 0 Å². The highest BCUT2D eigenvalue weighted by molar-refractivity contribution is 6.36. The van der Waals surface area contributed by atoms with Crippen molar-refractivity contribution in [1.29, 1.82) is 0 Å². The molecule has 2 N–H and O–H groups in total. The predicted molar refractivity (Wildman–Crippen MR) is 127 cm³/mol. The quantitative estimate of drug-likeness (QED) is 0.208. The van der Waals surface area contributed by atoms with Crippen LogP contribution in [0.2, 0.25) is 10.0 Å². The Balaban J connectivity index is 1.51. The van der Waals surface area contributed by atoms with Gasteiger partial charge in [-0.25, -0.2) is 19.9 Å². The van der Waals surface area contributed by atoms with Crippen LogP contribution in [-0.4, -0.2) is 42.5 Å². The number of benzene rings is 1. The van der Waals surface area contributed by atoms with Crippen LogP contribution in [0.15, 0.2) is 55.2 Å². The van der Waals surface area contributed by atoms with E-state index in [1.807, 2.05) is 35.9 Å². The Kier molecular flexibility index (Phi) is 6.66. The van der Waals surface area contributed by atoms with Crippen molar-refractivity contribution >= 4 is 40.7 Å². The monoisotopic (exact) mass is 484 g/mol. The van der Waals surface area contributed by atoms with Crippen LogP contribution in [0, 0.1) is 17.0 Å². The van der Waals surface area contributed by atoms with Crippen LogP contribution in [0.5, 0.6) is 0 Å². The lowest BCUT2D eigenvalue weighted by Crippen LogP contribution is -2.16. The smallest absolute Gasteiger partial charge is 0.305 e. The molecule has 4 aromatic rings. The molecule has 3 aromatic heterocycles. The molecule has 0 unspecified atom stereocenters. The van der Waals surface area contributed by atoms with Crippen molar-refractivity contribution in [2.45, 2.75) is 6.92 Å². The number of aryl methyl sites for hydroxylation is 1. The van der Waals surface area contributed by atoms with Crippen LogP contribution in [-0.2, 0) is 0 Å². The van der Waals surface area contributed by atoms with Crippen molar-refractivity contribution in [2.24, 2.45) is 0 Å². The van der Waals surface area contributed by atoms with Gasteiger partial charge in [0.25, 0.3) is 0 Å². The van der Waals surface area contributed by atoms with Gasteiger partial charge in [-0.05, 0) is 37.3 Å². The third-order valence-corrected chi connectivity index (χ3v) is 5.16. The van der Waals surface area contributed by atoms with Crippen molar-refractivity contribution in [3.05, 3.63) is 81.1 Å². The minimum Gasteiger partial charge on any atom is -0.368 e. The average molecular weight is 485 g/mol. The van der Waals surface area contributed by atoms with E-state index in [0.29, 0.717) is 40.6 Å². The number of anilines is 2. The third-order valence-electron chi connectivity index (χ3n) is 4.61. The average Bonchev–Trinajstić information content (AvgIpc) is 3.23. The molecule has 0 radical (unpaired) electrons. The first kappa shape index (κ1) is 22.4. The minimum absolute atomic E-state index is 0.163. The summed E-state index contributed by atoms with van der Waals surface area (Å²) in [5.41, 5.74) is 2.95. The molecule has 0 spiro atoms. The number of aromatic nitrogens is 5. The van der Waals surface area contributed by atoms with Crippen molar-refractivity contribution in [1.82, 2.24) is 24.5 Å². The standard InChI is InChI=1S/C21H18Cl2N8O2/c1-13-11-30(12-28-13)18-4-5-19(29-20(18)16-3-2-14(22)8-17(16)23)24-6-7-25-21-26-9-15(10-27-21)31(32)33/h2-5,8-12H,6-7H2,1H3,(H,24,29)(H,25,26,27). The third kappa shape index (κ3) is 5.36. The summed E-state index contributed by atoms with van der Waals surface area (Å²) in [6, 6.07) is 9.07. The van der Waals surface area contributed by atoms with E-state index >= 15 is 0 Å². The molecule has 10 nitrogen and oxygen atoms in total. The molecule has 33 heavy (non-hydrogen) atoms. The van der Waals surface area contributed by atoms with E-state index < -0.39 is 4.92 Å². The van der Waals surface area contributed by atoms with Crippen LogP contribution in [0.3, 0.4) is 0 Å². The van der Waals surface area contributed by atoms with E-state index in [-0.39, 0.29) is 5.69 Å². The lowest BCUT2D eigenvalue weighted by atomic mass is 10.1. The number of pyridine rings is 1. The number of nitro groups is 1. The van der Waals surface area contributed by atoms with Crippen LogP contribution in [0.25, 0.3) is 16.9 Å². The van der Waals surface area contributed by atoms with E-state index in [1.54, 1.807) is 18.5 Å². The lowest BCUT2D eigenvalue weighted by molar-refractivity contribution is -0.385. The second kappa shape index (κ2) is 9.80. The Hall–Kier alpha value is -3.76. The summed E-state index contributed by atoms with van der Waals surface area (Å²) in [5.74, 6) is 0.942. The van der Waals surface area contributed by atoms with E-state index in [0.717, 1.165) is 29.3 Å². The summed E-state index contributed by atoms with van der Waals surface area (Å²) in [5, 5.41) is 17.9. The maximum Gasteiger partial charge on any atom is 0.305 e. The molecule has 0 saturated carbocycles. The largest absolute Gasteiger partial charge is 0.368 e. The number of hydrogen-bond acceptors (Lipinski definition) is 8. The molecule has 0 saturated heterocycles. The first-order valence-corrected chi connectivity index (χ1v) is 10.6. The normalized spacial score (nSPS) is 10.8. The van der Waals surface area contributed by atoms with Crippen LogP contribution in [0.4, 0.5) is 17.5 Å². The van der Waals surface area contributed by atoms with E-state index in [4.69, 9.17) is 28.2 Å². The molecule has 0 atom stereocenters. The second-order valence-corrected chi connectivity index (χ2v) is 7.83. The van der Waals surface area contributed by atoms with Crippen LogP contribution >= 0.6 is 23.2 Å². The van der Waals surface area contributed by atoms with Crippen molar-refractivity contribution in [3.63, 3.8) is 0 Å². The van der Waals surface area contributed by atoms with Gasteiger partial charge in [-0.1, -0.05) is 23.2 Å². The number of halogens is 2. The molecule has 168 valence electrons. The number of nitrogens with zero attached hydrogens (tertiary/aromatic N) is 6. The zero-order valence-corrected chi connectivity index (χ0v) is 18.9. The van der Waals surface area contributed by atoms with Gasteiger partial charge in [-0.3, -0.25) is 10.1 Å². The fourth-order valence-corrected chi connectivity index (χ4v) is 3.56. The van der Waals surface area contributed by atoms with Crippen molar-refractivity contribution in [3.8, 4) is 16.9 Å². The maximum absolute atomic E-state index is 10.7. The fourth-order valence-electron chi connectivity index (χ4n) is 3.06. The van der Waals surface area contributed by atoms with Crippen LogP contribution < -0.4 is 10.6 Å². The van der Waals surface area contributed by atoms with E-state index in [2.05, 4.69) is 25.6 Å². The van der Waals surface area contributed by atoms with Crippen molar-refractivity contribution < 1.29 is 4.92 Å². The van der Waals surface area contributed by atoms with E-state index in [1.165, 1.54) is 0 Å². The first-order chi connectivity index (χ1) is 15.9. The minimum atomic E-state index is -0.545. The Morgan fingerprint density at radius 3 is 2.48 bits per heavy atom. The second-order valence-electron chi connectivity index (χ2n) is 6.99. The Labute approximate surface area is 198 Å². The van der Waals surface area contributed by atoms with E-state index in [9.17, 15) is 10.1 Å². The van der Waals surface area contributed by atoms with Gasteiger partial charge >= 0.3 is 5.69 Å². The first-order valence-electron chi connectivity index (χ1n) is 9.82. The number of imidazole rings is 1. The molecular weight excluding hydrogens is 467 g/mol. The SMILES string of the molecule is Cc1cn(-c2ccc(NCCNc3ncc([N+](=O)[O-])cn3)nc2-c2ccc(Cl)cc2Cl)cn1. The van der Waals surface area contributed by atoms with Gasteiger partial charge in [0.15, 0.2) is 0 Å². The predicted octanol–water partition coefficient (Wildman–Crippen LogP) is 4.77. The van der Waals surface area contributed by atoms with Gasteiger partial charge in [0.2, 0.25) is 5.95 Å². The number of rotatable bonds is 8. The number of nitrogens with one attached hydrogen (secondary N) is 2. The zero-order chi connectivity index (χ0) is 23.4. The summed E-state index contributed by atoms with van der Waals surface area (Å²) in [4.78, 5) is 27.1. The molecule has 0 bridgehead atoms. The van der Waals surface area contributed by atoms with Gasteiger partial charge in [0.05, 0.1) is 33.3 Å². The highest BCUT2D eigenvalue weighted by Gasteiger charge is 2.14. The molecule has 12 heteroatoms. The highest BCUT2D eigenvalue weighted by atomic mass is 35.5. The zero-order valence-electron chi connectivity index (χ0n) is 17.4. The summed E-state index contributed by atoms with van der Waals surface area (Å²) >= 11 is 12.5. The Bertz CT molecular complexity index is 1290. The molecule has 1 aromatic carbocycles. The molecule has 3 heterocycles. The molecule has 0 fully saturated rings. The number of hydrogen-bond donors (Lipinski definition) is 2. The van der Waals surface area contributed by atoms with Gasteiger partial charge < -0.3 is 15.2 Å². The van der Waals surface area contributed by atoms with Crippen LogP contribution in [0.1, 0.15) is 5.69 Å². The topological polar surface area (TPSA) is 124 Å². The summed E-state index contributed by atoms with van der Waals surface area (Å²) in [7, 11) is 0. The summed E-state index contributed by atoms with van der Waals surface area (Å²) in [6.07, 6.45) is 5.94. The Morgan fingerprint density at radius 1 is 1.06 bits per heavy atom. The lowest BCUT2D eigenvalue weighted by Gasteiger charge is -2.14. The summed E-state index contributed by atoms with van der Waals surface area (Å²) < 4.78 is 1.89. The van der Waals surface area contributed by atoms with Crippen molar-refractivity contribution in [2.75, 3.05) is 23.7 Å². The highest BCUT2D eigenvalue weighted by Crippen LogP contribution is 2.33. The fraction of sp³-hybridized carbons (Fsp3) is 0.143. The molecule has 0 amide bonds. The molecule has 0 aliphatic carbocycles. The Morgan fingerprint density at radius 2 is 1.82 bits per heavy atom. The van der Waals surface area contributed by atoms with Gasteiger partial charge in [0, 0.05) is 29.9 Å². The molecule has 4 rings (SSSR count). The molecule has 0 aliphatic rings.